The lowest BCUT2D eigenvalue weighted by Gasteiger charge is -2.12. The van der Waals surface area contributed by atoms with Crippen LogP contribution in [0.4, 0.5) is 23.7 Å². The molecule has 1 rings (SSSR count). The van der Waals surface area contributed by atoms with E-state index in [4.69, 9.17) is 9.84 Å². The van der Waals surface area contributed by atoms with Crippen LogP contribution in [0, 0.1) is 5.82 Å². The molecule has 0 saturated heterocycles. The smallest absolute Gasteiger partial charge is 0.319 e. The van der Waals surface area contributed by atoms with E-state index < -0.39 is 24.9 Å². The minimum atomic E-state index is -2.71. The van der Waals surface area contributed by atoms with Gasteiger partial charge in [0.15, 0.2) is 0 Å². The predicted molar refractivity (Wildman–Crippen MR) is 62.0 cm³/mol. The van der Waals surface area contributed by atoms with Gasteiger partial charge in [0.1, 0.15) is 18.2 Å². The summed E-state index contributed by atoms with van der Waals surface area (Å²) >= 11 is 0. The first-order chi connectivity index (χ1) is 9.02. The zero-order chi connectivity index (χ0) is 14.3. The van der Waals surface area contributed by atoms with Gasteiger partial charge in [0, 0.05) is 12.6 Å². The van der Waals surface area contributed by atoms with Crippen molar-refractivity contribution in [2.45, 2.75) is 6.43 Å². The van der Waals surface area contributed by atoms with Gasteiger partial charge in [-0.25, -0.2) is 18.0 Å². The quantitative estimate of drug-likeness (QED) is 0.740. The van der Waals surface area contributed by atoms with Gasteiger partial charge in [-0.15, -0.1) is 0 Å². The monoisotopic (exact) mass is 278 g/mol. The van der Waals surface area contributed by atoms with E-state index in [1.54, 1.807) is 0 Å². The molecular weight excluding hydrogens is 265 g/mol. The summed E-state index contributed by atoms with van der Waals surface area (Å²) in [4.78, 5) is 11.3. The van der Waals surface area contributed by atoms with Gasteiger partial charge in [-0.05, 0) is 12.1 Å². The zero-order valence-electron chi connectivity index (χ0n) is 9.83. The molecule has 1 aromatic carbocycles. The average molecular weight is 278 g/mol. The van der Waals surface area contributed by atoms with Gasteiger partial charge in [0.2, 0.25) is 0 Å². The number of hydrogen-bond acceptors (Lipinski definition) is 3. The second-order valence-corrected chi connectivity index (χ2v) is 3.45. The molecule has 0 unspecified atom stereocenters. The summed E-state index contributed by atoms with van der Waals surface area (Å²) in [6.45, 7) is -1.12. The van der Waals surface area contributed by atoms with E-state index in [0.717, 1.165) is 12.1 Å². The Bertz CT molecular complexity index is 430. The first kappa shape index (κ1) is 15.1. The maximum Gasteiger partial charge on any atom is 0.319 e. The third-order valence-corrected chi connectivity index (χ3v) is 1.95. The maximum atomic E-state index is 13.0. The van der Waals surface area contributed by atoms with Crippen molar-refractivity contribution < 1.29 is 27.8 Å². The van der Waals surface area contributed by atoms with E-state index in [1.165, 1.54) is 6.07 Å². The molecule has 0 atom stereocenters. The molecule has 0 aliphatic rings. The molecular formula is C11H13F3N2O3. The fraction of sp³-hybridized carbons (Fsp3) is 0.364. The van der Waals surface area contributed by atoms with Gasteiger partial charge in [-0.1, -0.05) is 0 Å². The molecule has 0 spiro atoms. The molecule has 0 saturated carbocycles. The van der Waals surface area contributed by atoms with Crippen LogP contribution in [-0.4, -0.2) is 37.3 Å². The van der Waals surface area contributed by atoms with Crippen LogP contribution in [0.15, 0.2) is 18.2 Å². The molecule has 0 fully saturated rings. The fourth-order valence-electron chi connectivity index (χ4n) is 1.21. The van der Waals surface area contributed by atoms with Crippen molar-refractivity contribution in [3.8, 4) is 5.75 Å². The molecule has 3 N–H and O–H groups in total. The Labute approximate surface area is 107 Å². The third-order valence-electron chi connectivity index (χ3n) is 1.95. The number of carbonyl (C=O) groups is 1. The van der Waals surface area contributed by atoms with Crippen LogP contribution in [0.5, 0.6) is 5.75 Å². The van der Waals surface area contributed by atoms with Crippen molar-refractivity contribution in [2.24, 2.45) is 0 Å². The van der Waals surface area contributed by atoms with Crippen molar-refractivity contribution in [1.82, 2.24) is 5.32 Å². The van der Waals surface area contributed by atoms with Crippen LogP contribution in [0.3, 0.4) is 0 Å². The highest BCUT2D eigenvalue weighted by molar-refractivity contribution is 5.90. The van der Waals surface area contributed by atoms with Gasteiger partial charge in [-0.2, -0.15) is 0 Å². The second-order valence-electron chi connectivity index (χ2n) is 3.45. The number of hydrogen-bond donors (Lipinski definition) is 3. The summed E-state index contributed by atoms with van der Waals surface area (Å²) in [6.07, 6.45) is -2.71. The minimum absolute atomic E-state index is 0.0280. The van der Waals surface area contributed by atoms with E-state index in [0.29, 0.717) is 0 Å². The van der Waals surface area contributed by atoms with E-state index in [2.05, 4.69) is 10.6 Å². The number of alkyl halides is 2. The highest BCUT2D eigenvalue weighted by atomic mass is 19.3. The van der Waals surface area contributed by atoms with Gasteiger partial charge in [-0.3, -0.25) is 0 Å². The van der Waals surface area contributed by atoms with Gasteiger partial charge < -0.3 is 20.5 Å². The summed E-state index contributed by atoms with van der Waals surface area (Å²) in [5.41, 5.74) is 0.0532. The Kier molecular flexibility index (Phi) is 5.94. The number of anilines is 1. The highest BCUT2D eigenvalue weighted by Gasteiger charge is 2.11. The van der Waals surface area contributed by atoms with Crippen LogP contribution in [-0.2, 0) is 0 Å². The van der Waals surface area contributed by atoms with Crippen molar-refractivity contribution in [3.05, 3.63) is 24.0 Å². The van der Waals surface area contributed by atoms with Crippen molar-refractivity contribution in [1.29, 1.82) is 0 Å². The summed E-state index contributed by atoms with van der Waals surface area (Å²) in [6, 6.07) is 2.47. The van der Waals surface area contributed by atoms with Crippen LogP contribution in [0.1, 0.15) is 0 Å². The Balaban J connectivity index is 2.72. The Morgan fingerprint density at radius 3 is 2.79 bits per heavy atom. The molecule has 0 radical (unpaired) electrons. The van der Waals surface area contributed by atoms with Crippen molar-refractivity contribution in [2.75, 3.05) is 25.1 Å². The Morgan fingerprint density at radius 1 is 1.42 bits per heavy atom. The molecule has 0 aromatic heterocycles. The first-order valence-electron chi connectivity index (χ1n) is 5.39. The summed E-state index contributed by atoms with van der Waals surface area (Å²) < 4.78 is 41.8. The molecule has 19 heavy (non-hydrogen) atoms. The molecule has 0 aliphatic heterocycles. The summed E-state index contributed by atoms with van der Waals surface area (Å²) in [7, 11) is 0. The van der Waals surface area contributed by atoms with Crippen LogP contribution < -0.4 is 15.4 Å². The molecule has 1 aromatic rings. The highest BCUT2D eigenvalue weighted by Crippen LogP contribution is 2.25. The molecule has 106 valence electrons. The third kappa shape index (κ3) is 5.47. The number of halogens is 3. The lowest BCUT2D eigenvalue weighted by molar-refractivity contribution is 0.0821. The minimum Gasteiger partial charge on any atom is -0.485 e. The molecule has 5 nitrogen and oxygen atoms in total. The maximum absolute atomic E-state index is 13.0. The number of nitrogens with one attached hydrogen (secondary N) is 2. The summed E-state index contributed by atoms with van der Waals surface area (Å²) in [5, 5.41) is 13.1. The SMILES string of the molecule is O=C(NCCO)Nc1ccc(F)cc1OCC(F)F. The number of aliphatic hydroxyl groups excluding tert-OH is 1. The van der Waals surface area contributed by atoms with E-state index in [9.17, 15) is 18.0 Å². The van der Waals surface area contributed by atoms with Crippen LogP contribution in [0.2, 0.25) is 0 Å². The van der Waals surface area contributed by atoms with Gasteiger partial charge in [0.25, 0.3) is 6.43 Å². The summed E-state index contributed by atoms with van der Waals surface area (Å²) in [5.74, 6) is -0.870. The van der Waals surface area contributed by atoms with Crippen molar-refractivity contribution in [3.63, 3.8) is 0 Å². The normalized spacial score (nSPS) is 10.4. The topological polar surface area (TPSA) is 70.6 Å². The van der Waals surface area contributed by atoms with Crippen molar-refractivity contribution >= 4 is 11.7 Å². The number of rotatable bonds is 6. The van der Waals surface area contributed by atoms with E-state index >= 15 is 0 Å². The lowest BCUT2D eigenvalue weighted by Crippen LogP contribution is -2.31. The Hall–Kier alpha value is -1.96. The molecule has 0 heterocycles. The zero-order valence-corrected chi connectivity index (χ0v) is 9.83. The number of benzene rings is 1. The molecule has 2 amide bonds. The standard InChI is InChI=1S/C11H13F3N2O3/c12-7-1-2-8(16-11(18)15-3-4-17)9(5-7)19-6-10(13)14/h1-2,5,10,17H,3-4,6H2,(H2,15,16,18). The number of aliphatic hydroxyl groups is 1. The Morgan fingerprint density at radius 2 is 2.16 bits per heavy atom. The fourth-order valence-corrected chi connectivity index (χ4v) is 1.21. The molecule has 0 aliphatic carbocycles. The molecule has 8 heteroatoms. The number of ether oxygens (including phenoxy) is 1. The number of carbonyl (C=O) groups excluding carboxylic acids is 1. The van der Waals surface area contributed by atoms with Crippen LogP contribution in [0.25, 0.3) is 0 Å². The largest absolute Gasteiger partial charge is 0.485 e. The van der Waals surface area contributed by atoms with Crippen LogP contribution >= 0.6 is 0 Å². The predicted octanol–water partition coefficient (Wildman–Crippen LogP) is 1.58. The second kappa shape index (κ2) is 7.47. The van der Waals surface area contributed by atoms with E-state index in [-0.39, 0.29) is 24.6 Å². The first-order valence-corrected chi connectivity index (χ1v) is 5.39. The lowest BCUT2D eigenvalue weighted by atomic mass is 10.3. The van der Waals surface area contributed by atoms with Gasteiger partial charge >= 0.3 is 6.03 Å². The van der Waals surface area contributed by atoms with Gasteiger partial charge in [0.05, 0.1) is 12.3 Å². The molecule has 0 bridgehead atoms. The average Bonchev–Trinajstić information content (AvgIpc) is 2.36. The number of urea groups is 1. The van der Waals surface area contributed by atoms with E-state index in [1.807, 2.05) is 0 Å². The number of amides is 2.